The van der Waals surface area contributed by atoms with Crippen molar-refractivity contribution in [3.8, 4) is 0 Å². The van der Waals surface area contributed by atoms with Gasteiger partial charge in [0.1, 0.15) is 21.6 Å². The van der Waals surface area contributed by atoms with Gasteiger partial charge in [0.05, 0.1) is 11.7 Å². The van der Waals surface area contributed by atoms with E-state index >= 15 is 0 Å². The highest BCUT2D eigenvalue weighted by molar-refractivity contribution is 7.21. The molecule has 0 saturated carbocycles. The third kappa shape index (κ3) is 4.84. The molecule has 0 radical (unpaired) electrons. The molecule has 0 bridgehead atoms. The van der Waals surface area contributed by atoms with Gasteiger partial charge in [-0.2, -0.15) is 0 Å². The number of anilines is 2. The number of fused-ring (bicyclic) bond motifs is 2. The number of hydrogen-bond donors (Lipinski definition) is 3. The first-order valence-corrected chi connectivity index (χ1v) is 12.5. The number of aromatic nitrogens is 2. The van der Waals surface area contributed by atoms with E-state index in [9.17, 15) is 18.0 Å². The fraction of sp³-hybridized carbons (Fsp3) is 0.458. The molecule has 36 heavy (non-hydrogen) atoms. The number of pyridine rings is 2. The second-order valence-electron chi connectivity index (χ2n) is 9.46. The molecule has 1 amide bonds. The molecule has 2 aliphatic rings. The zero-order chi connectivity index (χ0) is 25.8. The van der Waals surface area contributed by atoms with Gasteiger partial charge in [0.15, 0.2) is 0 Å². The molecular formula is C24H27F3N6O2S. The van der Waals surface area contributed by atoms with Gasteiger partial charge in [0.25, 0.3) is 5.91 Å². The van der Waals surface area contributed by atoms with Gasteiger partial charge >= 0.3 is 6.36 Å². The Hall–Kier alpha value is -2.96. The average molecular weight is 521 g/mol. The molecule has 5 N–H and O–H groups in total. The molecule has 8 nitrogen and oxygen atoms in total. The van der Waals surface area contributed by atoms with Crippen LogP contribution in [0.4, 0.5) is 24.7 Å². The maximum Gasteiger partial charge on any atom is 0.522 e. The summed E-state index contributed by atoms with van der Waals surface area (Å²) in [5.74, 6) is 0.364. The van der Waals surface area contributed by atoms with Crippen LogP contribution in [0.15, 0.2) is 18.2 Å². The summed E-state index contributed by atoms with van der Waals surface area (Å²) in [5.41, 5.74) is 16.4. The Morgan fingerprint density at radius 3 is 2.78 bits per heavy atom. The van der Waals surface area contributed by atoms with Crippen molar-refractivity contribution in [3.63, 3.8) is 0 Å². The van der Waals surface area contributed by atoms with Crippen LogP contribution in [0.5, 0.6) is 0 Å². The largest absolute Gasteiger partial charge is 0.522 e. The Morgan fingerprint density at radius 1 is 1.25 bits per heavy atom. The third-order valence-corrected chi connectivity index (χ3v) is 7.83. The summed E-state index contributed by atoms with van der Waals surface area (Å²) in [6, 6.07) is 4.82. The zero-order valence-electron chi connectivity index (χ0n) is 19.9. The summed E-state index contributed by atoms with van der Waals surface area (Å²) in [6.07, 6.45) is -3.93. The Bertz CT molecular complexity index is 1330. The number of ether oxygens (including phenoxy) is 1. The average Bonchev–Trinajstić information content (AvgIpc) is 3.31. The lowest BCUT2D eigenvalue weighted by atomic mass is 9.91. The number of nitrogen functional groups attached to an aromatic ring is 1. The fourth-order valence-corrected chi connectivity index (χ4v) is 6.19. The van der Waals surface area contributed by atoms with E-state index in [1.807, 2.05) is 26.0 Å². The topological polar surface area (TPSA) is 119 Å². The smallest absolute Gasteiger partial charge is 0.397 e. The predicted molar refractivity (Wildman–Crippen MR) is 132 cm³/mol. The summed E-state index contributed by atoms with van der Waals surface area (Å²) in [7, 11) is 0. The quantitative estimate of drug-likeness (QED) is 0.483. The van der Waals surface area contributed by atoms with Crippen LogP contribution in [-0.2, 0) is 17.6 Å². The number of alkyl halides is 3. The van der Waals surface area contributed by atoms with E-state index in [0.717, 1.165) is 32.7 Å². The Balaban J connectivity index is 1.26. The number of amides is 1. The first kappa shape index (κ1) is 24.7. The normalized spacial score (nSPS) is 22.2. The van der Waals surface area contributed by atoms with E-state index in [2.05, 4.69) is 20.0 Å². The number of carbonyl (C=O) groups is 1. The molecule has 3 unspecified atom stereocenters. The van der Waals surface area contributed by atoms with Gasteiger partial charge in [-0.3, -0.25) is 9.53 Å². The van der Waals surface area contributed by atoms with Gasteiger partial charge in [0, 0.05) is 35.9 Å². The standard InChI is InChI=1S/C24H27F3N6O2S/c1-11-7-12(2)30-23-19(11)20(29)21(36-23)22(34)31-14-4-5-16-13(8-14)3-6-18(32-16)33-9-15(28)17(10-33)35-24(25,26)27/h3,6-7,14-15,17H,4-5,8-10,28-29H2,1-2H3,(H,31,34). The second kappa shape index (κ2) is 9.16. The molecule has 1 saturated heterocycles. The Labute approximate surface area is 209 Å². The first-order valence-electron chi connectivity index (χ1n) is 11.7. The van der Waals surface area contributed by atoms with Gasteiger partial charge in [-0.25, -0.2) is 9.97 Å². The summed E-state index contributed by atoms with van der Waals surface area (Å²) in [6.45, 7) is 4.12. The number of carbonyl (C=O) groups excluding carboxylic acids is 1. The highest BCUT2D eigenvalue weighted by Crippen LogP contribution is 2.35. The lowest BCUT2D eigenvalue weighted by molar-refractivity contribution is -0.341. The lowest BCUT2D eigenvalue weighted by Gasteiger charge is -2.26. The predicted octanol–water partition coefficient (Wildman–Crippen LogP) is 3.23. The van der Waals surface area contributed by atoms with E-state index in [0.29, 0.717) is 35.6 Å². The van der Waals surface area contributed by atoms with Crippen molar-refractivity contribution >= 4 is 39.0 Å². The monoisotopic (exact) mass is 520 g/mol. The first-order chi connectivity index (χ1) is 17.0. The lowest BCUT2D eigenvalue weighted by Crippen LogP contribution is -2.39. The molecule has 4 heterocycles. The number of hydrogen-bond acceptors (Lipinski definition) is 8. The van der Waals surface area contributed by atoms with Crippen molar-refractivity contribution in [2.45, 2.75) is 57.7 Å². The van der Waals surface area contributed by atoms with Crippen molar-refractivity contribution < 1.29 is 22.7 Å². The van der Waals surface area contributed by atoms with Gasteiger partial charge in [-0.15, -0.1) is 24.5 Å². The molecule has 1 aliphatic heterocycles. The minimum atomic E-state index is -4.73. The number of halogens is 3. The Morgan fingerprint density at radius 2 is 2.03 bits per heavy atom. The van der Waals surface area contributed by atoms with E-state index in [-0.39, 0.29) is 25.0 Å². The summed E-state index contributed by atoms with van der Waals surface area (Å²) >= 11 is 1.30. The molecule has 12 heteroatoms. The SMILES string of the molecule is Cc1cc(C)c2c(N)c(C(=O)NC3CCc4nc(N5CC(N)C(OC(F)(F)F)C5)ccc4C3)sc2n1. The summed E-state index contributed by atoms with van der Waals surface area (Å²) in [4.78, 5) is 25.2. The van der Waals surface area contributed by atoms with Gasteiger partial charge in [0.2, 0.25) is 0 Å². The summed E-state index contributed by atoms with van der Waals surface area (Å²) in [5, 5.41) is 3.93. The van der Waals surface area contributed by atoms with Crippen LogP contribution >= 0.6 is 11.3 Å². The number of nitrogens with one attached hydrogen (secondary N) is 1. The van der Waals surface area contributed by atoms with E-state index in [1.165, 1.54) is 11.3 Å². The molecule has 3 atom stereocenters. The molecule has 192 valence electrons. The van der Waals surface area contributed by atoms with Crippen LogP contribution in [0.25, 0.3) is 10.2 Å². The minimum absolute atomic E-state index is 0.0234. The van der Waals surface area contributed by atoms with Gasteiger partial charge in [-0.05, 0) is 56.4 Å². The molecule has 5 rings (SSSR count). The van der Waals surface area contributed by atoms with Crippen LogP contribution in [0.3, 0.4) is 0 Å². The second-order valence-corrected chi connectivity index (χ2v) is 10.5. The minimum Gasteiger partial charge on any atom is -0.397 e. The van der Waals surface area contributed by atoms with Crippen LogP contribution < -0.4 is 21.7 Å². The molecule has 1 fully saturated rings. The zero-order valence-corrected chi connectivity index (χ0v) is 20.7. The van der Waals surface area contributed by atoms with Crippen molar-refractivity contribution in [2.24, 2.45) is 5.73 Å². The number of nitrogens with two attached hydrogens (primary N) is 2. The van der Waals surface area contributed by atoms with Crippen molar-refractivity contribution in [2.75, 3.05) is 23.7 Å². The number of nitrogens with zero attached hydrogens (tertiary/aromatic N) is 3. The fourth-order valence-electron chi connectivity index (χ4n) is 5.07. The highest BCUT2D eigenvalue weighted by atomic mass is 32.1. The van der Waals surface area contributed by atoms with E-state index < -0.39 is 18.5 Å². The van der Waals surface area contributed by atoms with Crippen LogP contribution in [-0.4, -0.2) is 53.5 Å². The maximum atomic E-state index is 13.1. The van der Waals surface area contributed by atoms with Gasteiger partial charge < -0.3 is 21.7 Å². The summed E-state index contributed by atoms with van der Waals surface area (Å²) < 4.78 is 42.0. The third-order valence-electron chi connectivity index (χ3n) is 6.73. The molecule has 0 aromatic carbocycles. The number of thiophene rings is 1. The van der Waals surface area contributed by atoms with E-state index in [1.54, 1.807) is 11.0 Å². The maximum absolute atomic E-state index is 13.1. The molecule has 3 aromatic rings. The van der Waals surface area contributed by atoms with Crippen molar-refractivity contribution in [3.05, 3.63) is 45.6 Å². The van der Waals surface area contributed by atoms with Crippen molar-refractivity contribution in [1.82, 2.24) is 15.3 Å². The molecule has 0 spiro atoms. The van der Waals surface area contributed by atoms with Gasteiger partial charge in [-0.1, -0.05) is 6.07 Å². The Kier molecular flexibility index (Phi) is 6.29. The molecule has 3 aromatic heterocycles. The number of rotatable bonds is 4. The van der Waals surface area contributed by atoms with Crippen LogP contribution in [0.2, 0.25) is 0 Å². The van der Waals surface area contributed by atoms with E-state index in [4.69, 9.17) is 11.5 Å². The molecular weight excluding hydrogens is 493 g/mol. The van der Waals surface area contributed by atoms with Crippen molar-refractivity contribution in [1.29, 1.82) is 0 Å². The highest BCUT2D eigenvalue weighted by Gasteiger charge is 2.41. The van der Waals surface area contributed by atoms with Crippen LogP contribution in [0.1, 0.15) is 38.6 Å². The van der Waals surface area contributed by atoms with Crippen LogP contribution in [0, 0.1) is 13.8 Å². The molecule has 1 aliphatic carbocycles. The number of aryl methyl sites for hydroxylation is 3.